The predicted molar refractivity (Wildman–Crippen MR) is 71.5 cm³/mol. The SMILES string of the molecule is Cc1cc(C(C)(C)C)ccc1NCC(O)CO. The number of aliphatic hydroxyl groups excluding tert-OH is 2. The number of nitrogens with one attached hydrogen (secondary N) is 1. The lowest BCUT2D eigenvalue weighted by Gasteiger charge is -2.21. The molecule has 0 fully saturated rings. The Hall–Kier alpha value is -1.06. The molecule has 0 aliphatic heterocycles. The van der Waals surface area contributed by atoms with Crippen molar-refractivity contribution >= 4 is 5.69 Å². The second-order valence-corrected chi connectivity index (χ2v) is 5.50. The van der Waals surface area contributed by atoms with Gasteiger partial charge in [0.1, 0.15) is 0 Å². The minimum Gasteiger partial charge on any atom is -0.394 e. The molecule has 0 amide bonds. The quantitative estimate of drug-likeness (QED) is 0.751. The van der Waals surface area contributed by atoms with Crippen molar-refractivity contribution in [3.05, 3.63) is 29.3 Å². The molecule has 96 valence electrons. The van der Waals surface area contributed by atoms with E-state index in [2.05, 4.69) is 38.2 Å². The molecule has 0 aliphatic carbocycles. The van der Waals surface area contributed by atoms with Crippen LogP contribution in [0.15, 0.2) is 18.2 Å². The molecule has 0 spiro atoms. The van der Waals surface area contributed by atoms with Gasteiger partial charge in [0, 0.05) is 12.2 Å². The fourth-order valence-corrected chi connectivity index (χ4v) is 1.62. The average molecular weight is 237 g/mol. The summed E-state index contributed by atoms with van der Waals surface area (Å²) in [6.07, 6.45) is -0.711. The molecule has 3 nitrogen and oxygen atoms in total. The summed E-state index contributed by atoms with van der Waals surface area (Å²) >= 11 is 0. The molecule has 17 heavy (non-hydrogen) atoms. The van der Waals surface area contributed by atoms with Crippen molar-refractivity contribution < 1.29 is 10.2 Å². The molecule has 3 N–H and O–H groups in total. The predicted octanol–water partition coefficient (Wildman–Crippen LogP) is 2.06. The van der Waals surface area contributed by atoms with E-state index in [-0.39, 0.29) is 12.0 Å². The fourth-order valence-electron chi connectivity index (χ4n) is 1.62. The van der Waals surface area contributed by atoms with Crippen LogP contribution in [0.2, 0.25) is 0 Å². The summed E-state index contributed by atoms with van der Waals surface area (Å²) in [4.78, 5) is 0. The zero-order valence-electron chi connectivity index (χ0n) is 11.1. The van der Waals surface area contributed by atoms with Gasteiger partial charge in [-0.2, -0.15) is 0 Å². The molecular weight excluding hydrogens is 214 g/mol. The van der Waals surface area contributed by atoms with Gasteiger partial charge >= 0.3 is 0 Å². The standard InChI is InChI=1S/C14H23NO2/c1-10-7-11(14(2,3)4)5-6-13(10)15-8-12(17)9-16/h5-7,12,15-17H,8-9H2,1-4H3. The lowest BCUT2D eigenvalue weighted by atomic mass is 9.86. The van der Waals surface area contributed by atoms with Crippen molar-refractivity contribution in [2.24, 2.45) is 0 Å². The summed E-state index contributed by atoms with van der Waals surface area (Å²) in [6, 6.07) is 6.29. The van der Waals surface area contributed by atoms with Gasteiger partial charge in [0.05, 0.1) is 12.7 Å². The van der Waals surface area contributed by atoms with Gasteiger partial charge in [-0.25, -0.2) is 0 Å². The van der Waals surface area contributed by atoms with E-state index in [0.717, 1.165) is 11.3 Å². The average Bonchev–Trinajstić information content (AvgIpc) is 2.25. The van der Waals surface area contributed by atoms with Crippen LogP contribution < -0.4 is 5.32 Å². The Bertz CT molecular complexity index is 369. The van der Waals surface area contributed by atoms with Gasteiger partial charge in [0.25, 0.3) is 0 Å². The van der Waals surface area contributed by atoms with Gasteiger partial charge in [-0.05, 0) is 29.5 Å². The lowest BCUT2D eigenvalue weighted by molar-refractivity contribution is 0.105. The summed E-state index contributed by atoms with van der Waals surface area (Å²) in [6.45, 7) is 8.75. The van der Waals surface area contributed by atoms with E-state index < -0.39 is 6.10 Å². The third kappa shape index (κ3) is 4.02. The minimum absolute atomic E-state index is 0.147. The summed E-state index contributed by atoms with van der Waals surface area (Å²) in [7, 11) is 0. The Balaban J connectivity index is 2.77. The first-order valence-corrected chi connectivity index (χ1v) is 5.98. The second-order valence-electron chi connectivity index (χ2n) is 5.50. The summed E-state index contributed by atoms with van der Waals surface area (Å²) < 4.78 is 0. The van der Waals surface area contributed by atoms with E-state index in [9.17, 15) is 5.11 Å². The molecular formula is C14H23NO2. The Morgan fingerprint density at radius 3 is 2.41 bits per heavy atom. The number of hydrogen-bond donors (Lipinski definition) is 3. The number of aryl methyl sites for hydroxylation is 1. The van der Waals surface area contributed by atoms with Gasteiger partial charge in [-0.1, -0.05) is 32.9 Å². The van der Waals surface area contributed by atoms with Crippen LogP contribution in [0.25, 0.3) is 0 Å². The molecule has 1 unspecified atom stereocenters. The van der Waals surface area contributed by atoms with Crippen LogP contribution in [0, 0.1) is 6.92 Å². The molecule has 0 radical (unpaired) electrons. The van der Waals surface area contributed by atoms with Gasteiger partial charge in [0.15, 0.2) is 0 Å². The van der Waals surface area contributed by atoms with Crippen molar-refractivity contribution in [2.75, 3.05) is 18.5 Å². The highest BCUT2D eigenvalue weighted by molar-refractivity contribution is 5.53. The van der Waals surface area contributed by atoms with E-state index >= 15 is 0 Å². The highest BCUT2D eigenvalue weighted by Crippen LogP contribution is 2.26. The van der Waals surface area contributed by atoms with Gasteiger partial charge in [-0.15, -0.1) is 0 Å². The number of aliphatic hydroxyl groups is 2. The highest BCUT2D eigenvalue weighted by atomic mass is 16.3. The van der Waals surface area contributed by atoms with E-state index in [1.165, 1.54) is 5.56 Å². The monoisotopic (exact) mass is 237 g/mol. The molecule has 0 bridgehead atoms. The molecule has 0 saturated heterocycles. The first-order chi connectivity index (χ1) is 7.84. The maximum absolute atomic E-state index is 9.28. The van der Waals surface area contributed by atoms with Crippen molar-refractivity contribution in [3.63, 3.8) is 0 Å². The Kier molecular flexibility index (Phi) is 4.54. The molecule has 1 aromatic rings. The van der Waals surface area contributed by atoms with Crippen LogP contribution >= 0.6 is 0 Å². The molecule has 0 aliphatic rings. The number of hydrogen-bond acceptors (Lipinski definition) is 3. The molecule has 1 rings (SSSR count). The number of benzene rings is 1. The van der Waals surface area contributed by atoms with Gasteiger partial charge < -0.3 is 15.5 Å². The number of anilines is 1. The molecule has 0 saturated carbocycles. The second kappa shape index (κ2) is 5.52. The molecule has 0 aromatic heterocycles. The van der Waals surface area contributed by atoms with Crippen molar-refractivity contribution in [1.82, 2.24) is 0 Å². The summed E-state index contributed by atoms with van der Waals surface area (Å²) in [5.41, 5.74) is 3.60. The maximum Gasteiger partial charge on any atom is 0.0942 e. The smallest absolute Gasteiger partial charge is 0.0942 e. The lowest BCUT2D eigenvalue weighted by Crippen LogP contribution is -2.23. The zero-order valence-corrected chi connectivity index (χ0v) is 11.1. The largest absolute Gasteiger partial charge is 0.394 e. The fraction of sp³-hybridized carbons (Fsp3) is 0.571. The van der Waals surface area contributed by atoms with Crippen LogP contribution in [0.5, 0.6) is 0 Å². The Labute approximate surface area is 103 Å². The third-order valence-electron chi connectivity index (χ3n) is 2.83. The Morgan fingerprint density at radius 1 is 1.29 bits per heavy atom. The number of rotatable bonds is 4. The maximum atomic E-state index is 9.28. The van der Waals surface area contributed by atoms with Crippen molar-refractivity contribution in [1.29, 1.82) is 0 Å². The summed E-state index contributed by atoms with van der Waals surface area (Å²) in [5, 5.41) is 21.2. The van der Waals surface area contributed by atoms with E-state index in [1.807, 2.05) is 13.0 Å². The van der Waals surface area contributed by atoms with Crippen molar-refractivity contribution in [3.8, 4) is 0 Å². The topological polar surface area (TPSA) is 52.5 Å². The molecule has 0 heterocycles. The third-order valence-corrected chi connectivity index (χ3v) is 2.83. The Morgan fingerprint density at radius 2 is 1.94 bits per heavy atom. The first kappa shape index (κ1) is 14.0. The van der Waals surface area contributed by atoms with E-state index in [4.69, 9.17) is 5.11 Å². The molecule has 1 aromatic carbocycles. The van der Waals surface area contributed by atoms with Crippen LogP contribution in [-0.2, 0) is 5.41 Å². The highest BCUT2D eigenvalue weighted by Gasteiger charge is 2.14. The van der Waals surface area contributed by atoms with Gasteiger partial charge in [-0.3, -0.25) is 0 Å². The first-order valence-electron chi connectivity index (χ1n) is 5.98. The zero-order chi connectivity index (χ0) is 13.1. The van der Waals surface area contributed by atoms with Crippen LogP contribution in [-0.4, -0.2) is 29.5 Å². The van der Waals surface area contributed by atoms with Crippen molar-refractivity contribution in [2.45, 2.75) is 39.2 Å². The minimum atomic E-state index is -0.711. The van der Waals surface area contributed by atoms with E-state index in [0.29, 0.717) is 6.54 Å². The normalized spacial score (nSPS) is 13.5. The van der Waals surface area contributed by atoms with Crippen LogP contribution in [0.4, 0.5) is 5.69 Å². The van der Waals surface area contributed by atoms with Crippen LogP contribution in [0.1, 0.15) is 31.9 Å². The van der Waals surface area contributed by atoms with E-state index in [1.54, 1.807) is 0 Å². The molecule has 1 atom stereocenters. The van der Waals surface area contributed by atoms with Gasteiger partial charge in [0.2, 0.25) is 0 Å². The molecule has 3 heteroatoms. The summed E-state index contributed by atoms with van der Waals surface area (Å²) in [5.74, 6) is 0. The van der Waals surface area contributed by atoms with Crippen LogP contribution in [0.3, 0.4) is 0 Å².